The lowest BCUT2D eigenvalue weighted by atomic mass is 10.1. The number of furan rings is 1. The number of amides is 1. The maximum absolute atomic E-state index is 14.0. The molecule has 0 aliphatic carbocycles. The Morgan fingerprint density at radius 1 is 1.18 bits per heavy atom. The third-order valence-corrected chi connectivity index (χ3v) is 7.04. The van der Waals surface area contributed by atoms with E-state index >= 15 is 0 Å². The van der Waals surface area contributed by atoms with Crippen LogP contribution in [-0.2, 0) is 14.6 Å². The molecule has 1 amide bonds. The number of sulfone groups is 1. The van der Waals surface area contributed by atoms with Gasteiger partial charge in [0.05, 0.1) is 23.2 Å². The van der Waals surface area contributed by atoms with Crippen molar-refractivity contribution in [2.24, 2.45) is 0 Å². The van der Waals surface area contributed by atoms with Gasteiger partial charge in [0.15, 0.2) is 15.6 Å². The first-order chi connectivity index (χ1) is 13.4. The summed E-state index contributed by atoms with van der Waals surface area (Å²) in [5.41, 5.74) is 0.274. The summed E-state index contributed by atoms with van der Waals surface area (Å²) >= 11 is 0. The number of benzene rings is 1. The summed E-state index contributed by atoms with van der Waals surface area (Å²) in [7, 11) is -3.15. The fourth-order valence-corrected chi connectivity index (χ4v) is 5.56. The topological polar surface area (TPSA) is 76.8 Å². The summed E-state index contributed by atoms with van der Waals surface area (Å²) in [6.45, 7) is 0.975. The van der Waals surface area contributed by atoms with Gasteiger partial charge in [0, 0.05) is 19.2 Å². The summed E-state index contributed by atoms with van der Waals surface area (Å²) in [5.74, 6) is -0.468. The summed E-state index contributed by atoms with van der Waals surface area (Å²) in [5, 5.41) is 0. The van der Waals surface area contributed by atoms with Crippen molar-refractivity contribution in [2.45, 2.75) is 31.4 Å². The van der Waals surface area contributed by atoms with Gasteiger partial charge in [-0.25, -0.2) is 12.8 Å². The van der Waals surface area contributed by atoms with Crippen LogP contribution in [0.2, 0.25) is 0 Å². The van der Waals surface area contributed by atoms with E-state index < -0.39 is 21.7 Å². The molecule has 2 atom stereocenters. The lowest BCUT2D eigenvalue weighted by molar-refractivity contribution is 0.0419. The molecule has 150 valence electrons. The van der Waals surface area contributed by atoms with Crippen molar-refractivity contribution in [1.29, 1.82) is 0 Å². The van der Waals surface area contributed by atoms with Gasteiger partial charge in [-0.3, -0.25) is 4.79 Å². The van der Waals surface area contributed by atoms with Crippen LogP contribution in [0.1, 0.15) is 29.8 Å². The Labute approximate surface area is 163 Å². The van der Waals surface area contributed by atoms with E-state index in [0.29, 0.717) is 19.6 Å². The Kier molecular flexibility index (Phi) is 5.25. The lowest BCUT2D eigenvalue weighted by Gasteiger charge is -2.29. The van der Waals surface area contributed by atoms with Gasteiger partial charge in [-0.1, -0.05) is 12.1 Å². The van der Waals surface area contributed by atoms with E-state index in [-0.39, 0.29) is 40.6 Å². The average molecular weight is 407 g/mol. The molecule has 2 aliphatic heterocycles. The molecule has 0 unspecified atom stereocenters. The predicted molar refractivity (Wildman–Crippen MR) is 101 cm³/mol. The number of rotatable bonds is 5. The SMILES string of the molecule is O=C(c1ccc(-c2ccccc2F)o1)N(C[C@@H]1CCCO1)[C@@H]1CCS(=O)(=O)C1. The van der Waals surface area contributed by atoms with Crippen LogP contribution in [0.25, 0.3) is 11.3 Å². The van der Waals surface area contributed by atoms with Crippen LogP contribution < -0.4 is 0 Å². The van der Waals surface area contributed by atoms with Crippen molar-refractivity contribution >= 4 is 15.7 Å². The van der Waals surface area contributed by atoms with Gasteiger partial charge in [-0.2, -0.15) is 0 Å². The van der Waals surface area contributed by atoms with E-state index in [4.69, 9.17) is 9.15 Å². The second kappa shape index (κ2) is 7.67. The first-order valence-electron chi connectivity index (χ1n) is 9.41. The van der Waals surface area contributed by atoms with Gasteiger partial charge >= 0.3 is 0 Å². The zero-order valence-corrected chi connectivity index (χ0v) is 16.2. The number of halogens is 1. The maximum atomic E-state index is 14.0. The molecule has 1 aromatic heterocycles. The molecule has 0 saturated carbocycles. The standard InChI is InChI=1S/C20H22FNO5S/c21-17-6-2-1-5-16(17)18-7-8-19(27-18)20(23)22(12-15-4-3-10-26-15)14-9-11-28(24,25)13-14/h1-2,5-8,14-15H,3-4,9-13H2/t14-,15+/m1/s1. The monoisotopic (exact) mass is 407 g/mol. The molecule has 8 heteroatoms. The third kappa shape index (κ3) is 3.98. The van der Waals surface area contributed by atoms with Crippen molar-refractivity contribution in [3.8, 4) is 11.3 Å². The number of hydrogen-bond acceptors (Lipinski definition) is 5. The van der Waals surface area contributed by atoms with Gasteiger partial charge in [0.1, 0.15) is 11.6 Å². The molecular weight excluding hydrogens is 385 g/mol. The number of ether oxygens (including phenoxy) is 1. The summed E-state index contributed by atoms with van der Waals surface area (Å²) < 4.78 is 49.2. The quantitative estimate of drug-likeness (QED) is 0.762. The van der Waals surface area contributed by atoms with Crippen molar-refractivity contribution in [2.75, 3.05) is 24.7 Å². The molecule has 3 heterocycles. The summed E-state index contributed by atoms with van der Waals surface area (Å²) in [6.07, 6.45) is 2.06. The zero-order chi connectivity index (χ0) is 19.7. The van der Waals surface area contributed by atoms with Gasteiger partial charge in [-0.05, 0) is 43.5 Å². The Morgan fingerprint density at radius 2 is 2.00 bits per heavy atom. The highest BCUT2D eigenvalue weighted by atomic mass is 32.2. The Balaban J connectivity index is 1.59. The largest absolute Gasteiger partial charge is 0.451 e. The third-order valence-electron chi connectivity index (χ3n) is 5.29. The van der Waals surface area contributed by atoms with Crippen LogP contribution in [0.15, 0.2) is 40.8 Å². The predicted octanol–water partition coefficient (Wildman–Crippen LogP) is 2.89. The van der Waals surface area contributed by atoms with E-state index in [1.54, 1.807) is 29.2 Å². The first-order valence-corrected chi connectivity index (χ1v) is 11.2. The molecule has 2 fully saturated rings. The summed E-state index contributed by atoms with van der Waals surface area (Å²) in [4.78, 5) is 14.7. The minimum absolute atomic E-state index is 0.0493. The van der Waals surface area contributed by atoms with Crippen LogP contribution in [0.3, 0.4) is 0 Å². The number of nitrogens with zero attached hydrogens (tertiary/aromatic N) is 1. The Bertz CT molecular complexity index is 964. The molecule has 0 bridgehead atoms. The highest BCUT2D eigenvalue weighted by molar-refractivity contribution is 7.91. The van der Waals surface area contributed by atoms with Gasteiger partial charge in [0.25, 0.3) is 5.91 Å². The van der Waals surface area contributed by atoms with Crippen LogP contribution >= 0.6 is 0 Å². The number of carbonyl (C=O) groups excluding carboxylic acids is 1. The molecular formula is C20H22FNO5S. The fraction of sp³-hybridized carbons (Fsp3) is 0.450. The second-order valence-corrected chi connectivity index (χ2v) is 9.52. The van der Waals surface area contributed by atoms with Gasteiger partial charge in [0.2, 0.25) is 0 Å². The molecule has 0 radical (unpaired) electrons. The lowest BCUT2D eigenvalue weighted by Crippen LogP contribution is -2.45. The van der Waals surface area contributed by atoms with E-state index in [1.165, 1.54) is 12.1 Å². The normalized spacial score (nSPS) is 23.8. The highest BCUT2D eigenvalue weighted by Crippen LogP contribution is 2.28. The van der Waals surface area contributed by atoms with Crippen LogP contribution in [0.5, 0.6) is 0 Å². The molecule has 1 aromatic carbocycles. The maximum Gasteiger partial charge on any atom is 0.289 e. The molecule has 2 aromatic rings. The van der Waals surface area contributed by atoms with E-state index in [9.17, 15) is 17.6 Å². The molecule has 4 rings (SSSR count). The molecule has 2 aliphatic rings. The zero-order valence-electron chi connectivity index (χ0n) is 15.3. The average Bonchev–Trinajstić information content (AvgIpc) is 3.40. The van der Waals surface area contributed by atoms with Crippen molar-refractivity contribution in [3.05, 3.63) is 48.0 Å². The molecule has 2 saturated heterocycles. The minimum Gasteiger partial charge on any atom is -0.451 e. The minimum atomic E-state index is -3.15. The Morgan fingerprint density at radius 3 is 2.68 bits per heavy atom. The van der Waals surface area contributed by atoms with E-state index in [0.717, 1.165) is 12.8 Å². The highest BCUT2D eigenvalue weighted by Gasteiger charge is 2.37. The van der Waals surface area contributed by atoms with Crippen LogP contribution in [-0.4, -0.2) is 56.0 Å². The van der Waals surface area contributed by atoms with E-state index in [1.807, 2.05) is 0 Å². The van der Waals surface area contributed by atoms with Crippen molar-refractivity contribution in [3.63, 3.8) is 0 Å². The number of carbonyl (C=O) groups is 1. The first kappa shape index (κ1) is 19.1. The molecule has 6 nitrogen and oxygen atoms in total. The molecule has 28 heavy (non-hydrogen) atoms. The fourth-order valence-electron chi connectivity index (χ4n) is 3.83. The van der Waals surface area contributed by atoms with Crippen LogP contribution in [0, 0.1) is 5.82 Å². The second-order valence-electron chi connectivity index (χ2n) is 7.29. The summed E-state index contributed by atoms with van der Waals surface area (Å²) in [6, 6.07) is 8.84. The van der Waals surface area contributed by atoms with Gasteiger partial charge < -0.3 is 14.1 Å². The molecule has 0 spiro atoms. The molecule has 0 N–H and O–H groups in total. The van der Waals surface area contributed by atoms with Gasteiger partial charge in [-0.15, -0.1) is 0 Å². The van der Waals surface area contributed by atoms with Crippen molar-refractivity contribution < 1.29 is 26.8 Å². The van der Waals surface area contributed by atoms with E-state index in [2.05, 4.69) is 0 Å². The van der Waals surface area contributed by atoms with Crippen molar-refractivity contribution in [1.82, 2.24) is 4.90 Å². The van der Waals surface area contributed by atoms with Crippen LogP contribution in [0.4, 0.5) is 4.39 Å². The number of hydrogen-bond donors (Lipinski definition) is 0. The smallest absolute Gasteiger partial charge is 0.289 e. The Hall–Kier alpha value is -2.19.